The highest BCUT2D eigenvalue weighted by Crippen LogP contribution is 2.39. The molecule has 8 nitrogen and oxygen atoms in total. The maximum absolute atomic E-state index is 12.4. The molecule has 2 aromatic carbocycles. The number of carbonyl (C=O) groups is 1. The quantitative estimate of drug-likeness (QED) is 0.338. The Morgan fingerprint density at radius 1 is 1.12 bits per heavy atom. The number of nitro groups is 1. The molecule has 5 rings (SSSR count). The van der Waals surface area contributed by atoms with Crippen LogP contribution in [-0.2, 0) is 11.3 Å². The zero-order chi connectivity index (χ0) is 17.8. The Hall–Kier alpha value is -3.81. The van der Waals surface area contributed by atoms with E-state index in [9.17, 15) is 14.9 Å². The molecule has 3 heterocycles. The van der Waals surface area contributed by atoms with Gasteiger partial charge in [0, 0.05) is 28.5 Å². The second-order valence-corrected chi connectivity index (χ2v) is 5.98. The number of aromatic nitrogens is 3. The Balaban J connectivity index is 1.92. The molecule has 0 aliphatic carbocycles. The van der Waals surface area contributed by atoms with Crippen molar-refractivity contribution in [3.63, 3.8) is 0 Å². The predicted molar refractivity (Wildman–Crippen MR) is 92.6 cm³/mol. The summed E-state index contributed by atoms with van der Waals surface area (Å²) in [6.45, 7) is 0.119. The maximum Gasteiger partial charge on any atom is 0.341 e. The van der Waals surface area contributed by atoms with Crippen LogP contribution in [0.3, 0.4) is 0 Å². The van der Waals surface area contributed by atoms with Gasteiger partial charge in [-0.05, 0) is 29.8 Å². The van der Waals surface area contributed by atoms with Crippen molar-refractivity contribution in [1.29, 1.82) is 0 Å². The zero-order valence-electron chi connectivity index (χ0n) is 13.2. The first-order valence-corrected chi connectivity index (χ1v) is 7.84. The Morgan fingerprint density at radius 3 is 2.69 bits per heavy atom. The van der Waals surface area contributed by atoms with Gasteiger partial charge >= 0.3 is 5.97 Å². The molecule has 0 saturated heterocycles. The van der Waals surface area contributed by atoms with E-state index in [1.807, 2.05) is 12.1 Å². The fraction of sp³-hybridized carbons (Fsp3) is 0.0556. The minimum atomic E-state index is -0.457. The third kappa shape index (κ3) is 1.92. The lowest BCUT2D eigenvalue weighted by Crippen LogP contribution is -2.01. The molecule has 1 aliphatic rings. The average Bonchev–Trinajstić information content (AvgIpc) is 3.27. The molecule has 1 aliphatic heterocycles. The molecule has 126 valence electrons. The lowest BCUT2D eigenvalue weighted by Gasteiger charge is -2.11. The lowest BCUT2D eigenvalue weighted by molar-refractivity contribution is -0.384. The van der Waals surface area contributed by atoms with Crippen molar-refractivity contribution in [3.05, 3.63) is 64.0 Å². The van der Waals surface area contributed by atoms with E-state index in [0.717, 1.165) is 16.3 Å². The molecule has 0 saturated carbocycles. The molecule has 0 atom stereocenters. The first-order chi connectivity index (χ1) is 12.6. The zero-order valence-corrected chi connectivity index (χ0v) is 13.2. The smallest absolute Gasteiger partial charge is 0.341 e. The fourth-order valence-corrected chi connectivity index (χ4v) is 3.40. The van der Waals surface area contributed by atoms with Gasteiger partial charge in [-0.25, -0.2) is 9.78 Å². The number of H-pyrrole nitrogens is 1. The summed E-state index contributed by atoms with van der Waals surface area (Å²) in [5.41, 5.74) is 3.83. The van der Waals surface area contributed by atoms with E-state index in [2.05, 4.69) is 15.2 Å². The topological polar surface area (TPSA) is 111 Å². The molecule has 2 aromatic heterocycles. The number of hydrogen-bond donors (Lipinski definition) is 1. The van der Waals surface area contributed by atoms with Crippen molar-refractivity contribution in [1.82, 2.24) is 15.2 Å². The van der Waals surface area contributed by atoms with E-state index in [1.54, 1.807) is 18.3 Å². The summed E-state index contributed by atoms with van der Waals surface area (Å²) < 4.78 is 5.18. The monoisotopic (exact) mass is 346 g/mol. The van der Waals surface area contributed by atoms with E-state index in [4.69, 9.17) is 4.74 Å². The molecule has 0 spiro atoms. The van der Waals surface area contributed by atoms with Crippen molar-refractivity contribution in [2.24, 2.45) is 0 Å². The van der Waals surface area contributed by atoms with Gasteiger partial charge in [0.25, 0.3) is 5.69 Å². The summed E-state index contributed by atoms with van der Waals surface area (Å²) in [6.07, 6.45) is 1.68. The number of benzene rings is 2. The van der Waals surface area contributed by atoms with Crippen LogP contribution in [0, 0.1) is 10.1 Å². The van der Waals surface area contributed by atoms with E-state index in [1.165, 1.54) is 12.1 Å². The van der Waals surface area contributed by atoms with Crippen LogP contribution in [0.2, 0.25) is 0 Å². The fourth-order valence-electron chi connectivity index (χ4n) is 3.40. The largest absolute Gasteiger partial charge is 0.455 e. The van der Waals surface area contributed by atoms with E-state index in [-0.39, 0.29) is 12.3 Å². The molecule has 1 N–H and O–H groups in total. The Kier molecular flexibility index (Phi) is 2.84. The number of hydrogen-bond acceptors (Lipinski definition) is 6. The Labute approximate surface area is 145 Å². The Bertz CT molecular complexity index is 1230. The van der Waals surface area contributed by atoms with Gasteiger partial charge in [-0.15, -0.1) is 0 Å². The number of rotatable bonds is 2. The van der Waals surface area contributed by atoms with Crippen LogP contribution in [0.5, 0.6) is 0 Å². The van der Waals surface area contributed by atoms with Gasteiger partial charge in [0.2, 0.25) is 0 Å². The third-order valence-electron chi connectivity index (χ3n) is 4.56. The number of nitrogens with one attached hydrogen (secondary N) is 1. The summed E-state index contributed by atoms with van der Waals surface area (Å²) >= 11 is 0. The summed E-state index contributed by atoms with van der Waals surface area (Å²) in [5.74, 6) is -0.441. The number of carbonyl (C=O) groups excluding carboxylic acids is 1. The second kappa shape index (κ2) is 5.09. The summed E-state index contributed by atoms with van der Waals surface area (Å²) in [6, 6.07) is 9.85. The van der Waals surface area contributed by atoms with Crippen molar-refractivity contribution in [3.8, 4) is 11.1 Å². The maximum atomic E-state index is 12.4. The van der Waals surface area contributed by atoms with E-state index >= 15 is 0 Å². The normalized spacial score (nSPS) is 13.2. The highest BCUT2D eigenvalue weighted by Gasteiger charge is 2.30. The number of aromatic amines is 1. The number of cyclic esters (lactones) is 1. The number of non-ortho nitro benzene ring substituents is 1. The predicted octanol–water partition coefficient (Wildman–Crippen LogP) is 3.36. The van der Waals surface area contributed by atoms with Gasteiger partial charge < -0.3 is 4.74 Å². The first kappa shape index (κ1) is 14.5. The first-order valence-electron chi connectivity index (χ1n) is 7.84. The highest BCUT2D eigenvalue weighted by atomic mass is 16.6. The molecule has 0 amide bonds. The minimum absolute atomic E-state index is 0.0141. The number of nitrogens with zero attached hydrogens (tertiary/aromatic N) is 3. The molecule has 0 radical (unpaired) electrons. The summed E-state index contributed by atoms with van der Waals surface area (Å²) in [7, 11) is 0. The lowest BCUT2D eigenvalue weighted by atomic mass is 9.93. The number of esters is 1. The molecule has 0 unspecified atom stereocenters. The number of ether oxygens (including phenoxy) is 1. The van der Waals surface area contributed by atoms with Crippen molar-refractivity contribution < 1.29 is 14.5 Å². The molecular formula is C18H10N4O4. The van der Waals surface area contributed by atoms with Gasteiger partial charge in [-0.2, -0.15) is 5.10 Å². The molecule has 4 aromatic rings. The van der Waals surface area contributed by atoms with Crippen LogP contribution in [-0.4, -0.2) is 26.1 Å². The van der Waals surface area contributed by atoms with Gasteiger partial charge in [0.1, 0.15) is 6.61 Å². The van der Waals surface area contributed by atoms with Crippen molar-refractivity contribution in [2.45, 2.75) is 6.61 Å². The molecule has 0 bridgehead atoms. The van der Waals surface area contributed by atoms with E-state index in [0.29, 0.717) is 27.9 Å². The number of pyridine rings is 1. The van der Waals surface area contributed by atoms with Crippen LogP contribution >= 0.6 is 0 Å². The average molecular weight is 346 g/mol. The Morgan fingerprint density at radius 2 is 1.92 bits per heavy atom. The second-order valence-electron chi connectivity index (χ2n) is 5.98. The summed E-state index contributed by atoms with van der Waals surface area (Å²) in [5, 5.41) is 19.5. The van der Waals surface area contributed by atoms with Crippen LogP contribution in [0.15, 0.2) is 42.6 Å². The molecular weight excluding hydrogens is 336 g/mol. The van der Waals surface area contributed by atoms with Crippen LogP contribution in [0.4, 0.5) is 5.69 Å². The molecule has 8 heteroatoms. The van der Waals surface area contributed by atoms with Crippen LogP contribution < -0.4 is 0 Å². The standard InChI is InChI=1S/C18H10N4O4/c23-18-17-14(8-26-18)20-13-6-5-12-11(7-19-21-12)16(13)15(17)9-1-3-10(4-2-9)22(24)25/h1-7H,8H2,(H,19,21). The van der Waals surface area contributed by atoms with Crippen LogP contribution in [0.25, 0.3) is 32.9 Å². The minimum Gasteiger partial charge on any atom is -0.455 e. The summed E-state index contributed by atoms with van der Waals surface area (Å²) in [4.78, 5) is 27.4. The number of nitro benzene ring substituents is 1. The third-order valence-corrected chi connectivity index (χ3v) is 4.56. The van der Waals surface area contributed by atoms with Crippen molar-refractivity contribution in [2.75, 3.05) is 0 Å². The van der Waals surface area contributed by atoms with Gasteiger partial charge in [0.15, 0.2) is 0 Å². The highest BCUT2D eigenvalue weighted by molar-refractivity contribution is 6.17. The van der Waals surface area contributed by atoms with Crippen LogP contribution in [0.1, 0.15) is 16.1 Å². The number of fused-ring (bicyclic) bond motifs is 4. The molecule has 0 fully saturated rings. The molecule has 26 heavy (non-hydrogen) atoms. The van der Waals surface area contributed by atoms with Gasteiger partial charge in [-0.1, -0.05) is 0 Å². The van der Waals surface area contributed by atoms with Crippen molar-refractivity contribution >= 4 is 33.5 Å². The van der Waals surface area contributed by atoms with E-state index < -0.39 is 10.9 Å². The van der Waals surface area contributed by atoms with Gasteiger partial charge in [-0.3, -0.25) is 15.2 Å². The SMILES string of the molecule is O=C1OCc2nc3ccc4[nH]ncc4c3c(-c3ccc([N+](=O)[O-])cc3)c21. The van der Waals surface area contributed by atoms with Gasteiger partial charge in [0.05, 0.1) is 33.4 Å².